The summed E-state index contributed by atoms with van der Waals surface area (Å²) in [4.78, 5) is 7.19. The van der Waals surface area contributed by atoms with Gasteiger partial charge in [-0.25, -0.2) is 0 Å². The summed E-state index contributed by atoms with van der Waals surface area (Å²) < 4.78 is 11.7. The van der Waals surface area contributed by atoms with Gasteiger partial charge < -0.3 is 24.2 Å². The molecule has 2 aromatic rings. The van der Waals surface area contributed by atoms with Gasteiger partial charge in [-0.2, -0.15) is 11.3 Å². The summed E-state index contributed by atoms with van der Waals surface area (Å²) in [7, 11) is 3.18. The summed E-state index contributed by atoms with van der Waals surface area (Å²) in [5.74, 6) is 1.03. The highest BCUT2D eigenvalue weighted by molar-refractivity contribution is 9.10. The quantitative estimate of drug-likeness (QED) is 0.392. The van der Waals surface area contributed by atoms with E-state index in [4.69, 9.17) is 32.7 Å². The van der Waals surface area contributed by atoms with E-state index >= 15 is 0 Å². The molecule has 0 unspecified atom stereocenters. The molecule has 1 aromatic carbocycles. The lowest BCUT2D eigenvalue weighted by atomic mass is 10.2. The topological polar surface area (TPSA) is 28.2 Å². The third kappa shape index (κ3) is 5.19. The average Bonchev–Trinajstić information content (AvgIpc) is 3.28. The van der Waals surface area contributed by atoms with Crippen molar-refractivity contribution in [3.8, 4) is 11.5 Å². The number of anilines is 2. The number of likely N-dealkylation sites (N-methyl/N-ethyl adjacent to an activating group) is 1. The number of benzene rings is 1. The van der Waals surface area contributed by atoms with Crippen molar-refractivity contribution in [3.63, 3.8) is 0 Å². The van der Waals surface area contributed by atoms with Crippen molar-refractivity contribution in [3.05, 3.63) is 31.3 Å². The SMILES string of the molecule is CCN1CCN(CCCN(c2ccsc2)c2c(Cl)c(OC)c(Br)c(OC)c2Cl)CC1. The third-order valence-corrected chi connectivity index (χ3v) is 7.57. The molecule has 1 aliphatic rings. The van der Waals surface area contributed by atoms with Crippen LogP contribution in [-0.4, -0.2) is 69.8 Å². The zero-order chi connectivity index (χ0) is 21.7. The summed E-state index contributed by atoms with van der Waals surface area (Å²) >= 11 is 18.7. The van der Waals surface area contributed by atoms with Crippen LogP contribution in [0, 0.1) is 0 Å². The molecule has 9 heteroatoms. The van der Waals surface area contributed by atoms with Gasteiger partial charge in [0.1, 0.15) is 14.5 Å². The molecule has 30 heavy (non-hydrogen) atoms. The predicted octanol–water partition coefficient (Wildman–Crippen LogP) is 6.00. The van der Waals surface area contributed by atoms with Crippen LogP contribution in [0.2, 0.25) is 10.0 Å². The van der Waals surface area contributed by atoms with Crippen LogP contribution in [0.3, 0.4) is 0 Å². The van der Waals surface area contributed by atoms with Gasteiger partial charge in [-0.05, 0) is 46.9 Å². The number of ether oxygens (including phenoxy) is 2. The second kappa shape index (κ2) is 11.2. The Morgan fingerprint density at radius 1 is 1.07 bits per heavy atom. The molecule has 166 valence electrons. The van der Waals surface area contributed by atoms with E-state index in [1.165, 1.54) is 0 Å². The first-order chi connectivity index (χ1) is 14.5. The van der Waals surface area contributed by atoms with Crippen LogP contribution in [0.4, 0.5) is 11.4 Å². The second-order valence-corrected chi connectivity index (χ2v) is 9.45. The van der Waals surface area contributed by atoms with Crippen molar-refractivity contribution in [1.82, 2.24) is 9.80 Å². The average molecular weight is 537 g/mol. The van der Waals surface area contributed by atoms with Crippen LogP contribution in [0.15, 0.2) is 21.3 Å². The van der Waals surface area contributed by atoms with Gasteiger partial charge in [-0.1, -0.05) is 30.1 Å². The Hall–Kier alpha value is -0.700. The molecule has 3 rings (SSSR count). The summed E-state index contributed by atoms with van der Waals surface area (Å²) in [6.07, 6.45) is 0.995. The van der Waals surface area contributed by atoms with E-state index in [0.29, 0.717) is 31.7 Å². The van der Waals surface area contributed by atoms with E-state index in [1.807, 2.05) is 0 Å². The van der Waals surface area contributed by atoms with Gasteiger partial charge in [0.15, 0.2) is 11.5 Å². The Labute approximate surface area is 201 Å². The first-order valence-corrected chi connectivity index (χ1v) is 12.5. The molecular weight excluding hydrogens is 509 g/mol. The summed E-state index contributed by atoms with van der Waals surface area (Å²) in [5.41, 5.74) is 1.77. The number of halogens is 3. The lowest BCUT2D eigenvalue weighted by Gasteiger charge is -2.34. The fourth-order valence-electron chi connectivity index (χ4n) is 3.77. The maximum absolute atomic E-state index is 6.77. The highest BCUT2D eigenvalue weighted by Crippen LogP contribution is 2.53. The van der Waals surface area contributed by atoms with E-state index < -0.39 is 0 Å². The number of thiophene rings is 1. The van der Waals surface area contributed by atoms with Crippen molar-refractivity contribution in [1.29, 1.82) is 0 Å². The summed E-state index contributed by atoms with van der Waals surface area (Å²) in [6.45, 7) is 9.71. The van der Waals surface area contributed by atoms with Crippen molar-refractivity contribution in [2.24, 2.45) is 0 Å². The van der Waals surface area contributed by atoms with Crippen LogP contribution >= 0.6 is 50.5 Å². The first kappa shape index (κ1) is 24.0. The maximum atomic E-state index is 6.77. The third-order valence-electron chi connectivity index (χ3n) is 5.48. The lowest BCUT2D eigenvalue weighted by molar-refractivity contribution is 0.137. The van der Waals surface area contributed by atoms with Crippen molar-refractivity contribution >= 4 is 61.8 Å². The molecule has 0 saturated carbocycles. The Bertz CT molecular complexity index is 799. The summed E-state index contributed by atoms with van der Waals surface area (Å²) in [6, 6.07) is 2.08. The second-order valence-electron chi connectivity index (χ2n) is 7.12. The Kier molecular flexibility index (Phi) is 8.98. The maximum Gasteiger partial charge on any atom is 0.157 e. The fraction of sp³-hybridized carbons (Fsp3) is 0.524. The number of nitrogens with zero attached hydrogens (tertiary/aromatic N) is 3. The molecule has 1 aromatic heterocycles. The first-order valence-electron chi connectivity index (χ1n) is 10.0. The number of hydrogen-bond donors (Lipinski definition) is 0. The molecule has 1 aliphatic heterocycles. The zero-order valence-electron chi connectivity index (χ0n) is 17.6. The molecule has 0 spiro atoms. The highest BCUT2D eigenvalue weighted by atomic mass is 79.9. The normalized spacial score (nSPS) is 15.4. The smallest absolute Gasteiger partial charge is 0.157 e. The number of hydrogen-bond acceptors (Lipinski definition) is 6. The monoisotopic (exact) mass is 535 g/mol. The molecule has 0 amide bonds. The molecule has 5 nitrogen and oxygen atoms in total. The standard InChI is InChI=1S/C21H28BrCl2N3O2S/c1-4-25-9-11-26(12-10-25)7-5-8-27(15-6-13-30-14-15)19-17(23)20(28-2)16(22)21(29-3)18(19)24/h6,13-14H,4-5,7-12H2,1-3H3. The van der Waals surface area contributed by atoms with Crippen molar-refractivity contribution in [2.45, 2.75) is 13.3 Å². The van der Waals surface area contributed by atoms with E-state index in [1.54, 1.807) is 25.6 Å². The number of methoxy groups -OCH3 is 2. The Balaban J connectivity index is 1.83. The van der Waals surface area contributed by atoms with E-state index in [0.717, 1.165) is 57.9 Å². The zero-order valence-corrected chi connectivity index (χ0v) is 21.5. The van der Waals surface area contributed by atoms with Crippen molar-refractivity contribution < 1.29 is 9.47 Å². The van der Waals surface area contributed by atoms with Gasteiger partial charge in [0.05, 0.1) is 25.6 Å². The predicted molar refractivity (Wildman–Crippen MR) is 132 cm³/mol. The van der Waals surface area contributed by atoms with Crippen LogP contribution in [0.1, 0.15) is 13.3 Å². The van der Waals surface area contributed by atoms with Crippen molar-refractivity contribution in [2.75, 3.05) is 64.9 Å². The molecule has 1 fully saturated rings. The molecule has 0 bridgehead atoms. The highest BCUT2D eigenvalue weighted by Gasteiger charge is 2.27. The number of piperazine rings is 1. The molecule has 0 N–H and O–H groups in total. The molecular formula is C21H28BrCl2N3O2S. The summed E-state index contributed by atoms with van der Waals surface area (Å²) in [5, 5.41) is 5.10. The molecule has 0 aliphatic carbocycles. The molecule has 1 saturated heterocycles. The Morgan fingerprint density at radius 3 is 2.17 bits per heavy atom. The minimum Gasteiger partial charge on any atom is -0.494 e. The minimum absolute atomic E-state index is 0.470. The molecule has 0 atom stereocenters. The van der Waals surface area contributed by atoms with Gasteiger partial charge in [0.25, 0.3) is 0 Å². The molecule has 0 radical (unpaired) electrons. The van der Waals surface area contributed by atoms with Crippen LogP contribution in [-0.2, 0) is 0 Å². The van der Waals surface area contributed by atoms with Crippen LogP contribution in [0.5, 0.6) is 11.5 Å². The lowest BCUT2D eigenvalue weighted by Crippen LogP contribution is -2.46. The number of rotatable bonds is 9. The fourth-order valence-corrected chi connectivity index (χ4v) is 6.14. The van der Waals surface area contributed by atoms with Gasteiger partial charge in [-0.15, -0.1) is 0 Å². The molecule has 2 heterocycles. The minimum atomic E-state index is 0.470. The van der Waals surface area contributed by atoms with Gasteiger partial charge in [0.2, 0.25) is 0 Å². The van der Waals surface area contributed by atoms with E-state index in [-0.39, 0.29) is 0 Å². The Morgan fingerprint density at radius 2 is 1.67 bits per heavy atom. The van der Waals surface area contributed by atoms with Gasteiger partial charge >= 0.3 is 0 Å². The van der Waals surface area contributed by atoms with Crippen LogP contribution < -0.4 is 14.4 Å². The largest absolute Gasteiger partial charge is 0.494 e. The van der Waals surface area contributed by atoms with Gasteiger partial charge in [0, 0.05) is 38.1 Å². The van der Waals surface area contributed by atoms with E-state index in [9.17, 15) is 0 Å². The van der Waals surface area contributed by atoms with Gasteiger partial charge in [-0.3, -0.25) is 0 Å². The van der Waals surface area contributed by atoms with Crippen LogP contribution in [0.25, 0.3) is 0 Å². The van der Waals surface area contributed by atoms with E-state index in [2.05, 4.69) is 54.4 Å².